The highest BCUT2D eigenvalue weighted by Crippen LogP contribution is 2.49. The van der Waals surface area contributed by atoms with E-state index in [1.165, 1.54) is 25.7 Å². The monoisotopic (exact) mass is 198 g/mol. The summed E-state index contributed by atoms with van der Waals surface area (Å²) in [5, 5.41) is 7.43. The SMILES string of the molecule is CCNC(=S)NC1CCC[C@H]2C[C@@H]12. The maximum absolute atomic E-state index is 5.18. The minimum absolute atomic E-state index is 0.672. The van der Waals surface area contributed by atoms with E-state index in [1.807, 2.05) is 0 Å². The van der Waals surface area contributed by atoms with Gasteiger partial charge in [-0.25, -0.2) is 0 Å². The minimum atomic E-state index is 0.672. The molecule has 0 aromatic rings. The number of hydrogen-bond acceptors (Lipinski definition) is 1. The van der Waals surface area contributed by atoms with E-state index in [4.69, 9.17) is 12.2 Å². The zero-order valence-electron chi connectivity index (χ0n) is 8.18. The molecule has 2 rings (SSSR count). The molecule has 2 N–H and O–H groups in total. The van der Waals surface area contributed by atoms with E-state index in [1.54, 1.807) is 0 Å². The standard InChI is InChI=1S/C10H18N2S/c1-2-11-10(13)12-9-5-3-4-7-6-8(7)9/h7-9H,2-6H2,1H3,(H2,11,12,13)/t7-,8+,9?/m0/s1. The smallest absolute Gasteiger partial charge is 0.166 e. The lowest BCUT2D eigenvalue weighted by atomic mass is 9.96. The van der Waals surface area contributed by atoms with E-state index in [9.17, 15) is 0 Å². The molecule has 0 bridgehead atoms. The van der Waals surface area contributed by atoms with Crippen LogP contribution >= 0.6 is 12.2 Å². The van der Waals surface area contributed by atoms with Crippen LogP contribution in [0.15, 0.2) is 0 Å². The van der Waals surface area contributed by atoms with Crippen molar-refractivity contribution in [2.45, 2.75) is 38.6 Å². The van der Waals surface area contributed by atoms with Gasteiger partial charge in [-0.1, -0.05) is 12.8 Å². The number of nitrogens with one attached hydrogen (secondary N) is 2. The van der Waals surface area contributed by atoms with Crippen LogP contribution in [0.3, 0.4) is 0 Å². The molecule has 0 radical (unpaired) electrons. The van der Waals surface area contributed by atoms with Gasteiger partial charge in [0.25, 0.3) is 0 Å². The summed E-state index contributed by atoms with van der Waals surface area (Å²) in [6.45, 7) is 3.00. The van der Waals surface area contributed by atoms with Crippen molar-refractivity contribution in [1.82, 2.24) is 10.6 Å². The van der Waals surface area contributed by atoms with Gasteiger partial charge in [0.2, 0.25) is 0 Å². The molecule has 0 heterocycles. The highest BCUT2D eigenvalue weighted by Gasteiger charge is 2.45. The molecule has 3 heteroatoms. The van der Waals surface area contributed by atoms with Crippen LogP contribution in [-0.2, 0) is 0 Å². The molecular weight excluding hydrogens is 180 g/mol. The van der Waals surface area contributed by atoms with Crippen molar-refractivity contribution in [3.05, 3.63) is 0 Å². The van der Waals surface area contributed by atoms with Gasteiger partial charge in [0, 0.05) is 12.6 Å². The summed E-state index contributed by atoms with van der Waals surface area (Å²) in [6, 6.07) is 0.672. The summed E-state index contributed by atoms with van der Waals surface area (Å²) >= 11 is 5.18. The molecule has 0 aliphatic heterocycles. The van der Waals surface area contributed by atoms with Crippen molar-refractivity contribution >= 4 is 17.3 Å². The van der Waals surface area contributed by atoms with E-state index < -0.39 is 0 Å². The first-order valence-corrected chi connectivity index (χ1v) is 5.76. The van der Waals surface area contributed by atoms with E-state index in [2.05, 4.69) is 17.6 Å². The van der Waals surface area contributed by atoms with Crippen LogP contribution in [0.25, 0.3) is 0 Å². The second kappa shape index (κ2) is 3.82. The minimum Gasteiger partial charge on any atom is -0.363 e. The second-order valence-corrected chi connectivity index (χ2v) is 4.61. The molecule has 2 saturated carbocycles. The van der Waals surface area contributed by atoms with Crippen LogP contribution in [0.5, 0.6) is 0 Å². The van der Waals surface area contributed by atoms with Crippen molar-refractivity contribution in [3.8, 4) is 0 Å². The fourth-order valence-electron chi connectivity index (χ4n) is 2.47. The van der Waals surface area contributed by atoms with Gasteiger partial charge >= 0.3 is 0 Å². The van der Waals surface area contributed by atoms with E-state index in [0.29, 0.717) is 6.04 Å². The fourth-order valence-corrected chi connectivity index (χ4v) is 2.76. The normalized spacial score (nSPS) is 36.2. The van der Waals surface area contributed by atoms with E-state index in [-0.39, 0.29) is 0 Å². The van der Waals surface area contributed by atoms with Gasteiger partial charge in [0.05, 0.1) is 0 Å². The zero-order chi connectivity index (χ0) is 9.26. The van der Waals surface area contributed by atoms with Crippen LogP contribution in [0.4, 0.5) is 0 Å². The van der Waals surface area contributed by atoms with Crippen LogP contribution in [0.2, 0.25) is 0 Å². The highest BCUT2D eigenvalue weighted by atomic mass is 32.1. The lowest BCUT2D eigenvalue weighted by molar-refractivity contribution is 0.390. The summed E-state index contributed by atoms with van der Waals surface area (Å²) < 4.78 is 0. The first-order chi connectivity index (χ1) is 6.31. The molecule has 2 aliphatic carbocycles. The molecule has 13 heavy (non-hydrogen) atoms. The Morgan fingerprint density at radius 2 is 2.31 bits per heavy atom. The van der Waals surface area contributed by atoms with Crippen molar-refractivity contribution in [2.75, 3.05) is 6.54 Å². The number of rotatable bonds is 2. The van der Waals surface area contributed by atoms with E-state index in [0.717, 1.165) is 23.5 Å². The van der Waals surface area contributed by atoms with Crippen LogP contribution < -0.4 is 10.6 Å². The zero-order valence-corrected chi connectivity index (χ0v) is 8.99. The van der Waals surface area contributed by atoms with Crippen LogP contribution in [0, 0.1) is 11.8 Å². The Labute approximate surface area is 85.5 Å². The topological polar surface area (TPSA) is 24.1 Å². The molecule has 1 unspecified atom stereocenters. The molecule has 0 aromatic heterocycles. The number of thiocarbonyl (C=S) groups is 1. The summed E-state index contributed by atoms with van der Waals surface area (Å²) in [4.78, 5) is 0. The molecule has 2 nitrogen and oxygen atoms in total. The summed E-state index contributed by atoms with van der Waals surface area (Å²) in [5.74, 6) is 1.96. The molecule has 0 amide bonds. The lowest BCUT2D eigenvalue weighted by Crippen LogP contribution is -2.43. The molecule has 0 aromatic carbocycles. The third kappa shape index (κ3) is 2.13. The molecule has 0 spiro atoms. The number of hydrogen-bond donors (Lipinski definition) is 2. The maximum atomic E-state index is 5.18. The molecule has 3 atom stereocenters. The van der Waals surface area contributed by atoms with Crippen molar-refractivity contribution < 1.29 is 0 Å². The van der Waals surface area contributed by atoms with Gasteiger partial charge in [-0.15, -0.1) is 0 Å². The van der Waals surface area contributed by atoms with E-state index >= 15 is 0 Å². The Morgan fingerprint density at radius 3 is 3.08 bits per heavy atom. The quantitative estimate of drug-likeness (QED) is 0.660. The van der Waals surface area contributed by atoms with Crippen LogP contribution in [0.1, 0.15) is 32.6 Å². The maximum Gasteiger partial charge on any atom is 0.166 e. The first kappa shape index (κ1) is 9.25. The van der Waals surface area contributed by atoms with Gasteiger partial charge in [-0.3, -0.25) is 0 Å². The van der Waals surface area contributed by atoms with Gasteiger partial charge < -0.3 is 10.6 Å². The van der Waals surface area contributed by atoms with Gasteiger partial charge in [-0.05, 0) is 43.8 Å². The average molecular weight is 198 g/mol. The summed E-state index contributed by atoms with van der Waals surface area (Å²) in [6.07, 6.45) is 5.59. The Balaban J connectivity index is 1.77. The predicted molar refractivity (Wildman–Crippen MR) is 58.6 cm³/mol. The van der Waals surface area contributed by atoms with Crippen molar-refractivity contribution in [1.29, 1.82) is 0 Å². The largest absolute Gasteiger partial charge is 0.363 e. The third-order valence-electron chi connectivity index (χ3n) is 3.24. The molecular formula is C10H18N2S. The van der Waals surface area contributed by atoms with Crippen LogP contribution in [-0.4, -0.2) is 17.7 Å². The molecule has 2 fully saturated rings. The Morgan fingerprint density at radius 1 is 1.46 bits per heavy atom. The highest BCUT2D eigenvalue weighted by molar-refractivity contribution is 7.80. The van der Waals surface area contributed by atoms with Crippen molar-refractivity contribution in [2.24, 2.45) is 11.8 Å². The summed E-state index contributed by atoms with van der Waals surface area (Å²) in [7, 11) is 0. The Bertz CT molecular complexity index is 205. The summed E-state index contributed by atoms with van der Waals surface area (Å²) in [5.41, 5.74) is 0. The molecule has 0 saturated heterocycles. The Kier molecular flexibility index (Phi) is 2.72. The fraction of sp³-hybridized carbons (Fsp3) is 0.900. The van der Waals surface area contributed by atoms with Gasteiger partial charge in [0.15, 0.2) is 5.11 Å². The lowest BCUT2D eigenvalue weighted by Gasteiger charge is -2.24. The third-order valence-corrected chi connectivity index (χ3v) is 3.50. The van der Waals surface area contributed by atoms with Gasteiger partial charge in [-0.2, -0.15) is 0 Å². The predicted octanol–water partition coefficient (Wildman–Crippen LogP) is 1.66. The first-order valence-electron chi connectivity index (χ1n) is 5.35. The molecule has 74 valence electrons. The van der Waals surface area contributed by atoms with Gasteiger partial charge in [0.1, 0.15) is 0 Å². The molecule has 2 aliphatic rings. The average Bonchev–Trinajstić information content (AvgIpc) is 2.84. The Hall–Kier alpha value is -0.310. The number of fused-ring (bicyclic) bond motifs is 1. The van der Waals surface area contributed by atoms with Crippen molar-refractivity contribution in [3.63, 3.8) is 0 Å². The second-order valence-electron chi connectivity index (χ2n) is 4.20.